The highest BCUT2D eigenvalue weighted by molar-refractivity contribution is 5.88. The SMILES string of the molecule is CCN(CCCNC(=O)C1CCN(c2ncnc3onc(C)c23)CC1)Cc1ccccc1. The van der Waals surface area contributed by atoms with E-state index in [0.717, 1.165) is 75.4 Å². The predicted octanol–water partition coefficient (Wildman–Crippen LogP) is 3.17. The van der Waals surface area contributed by atoms with E-state index in [1.807, 2.05) is 13.0 Å². The van der Waals surface area contributed by atoms with Crippen molar-refractivity contribution in [3.05, 3.63) is 47.9 Å². The van der Waals surface area contributed by atoms with Crippen LogP contribution < -0.4 is 10.2 Å². The van der Waals surface area contributed by atoms with Crippen LogP contribution in [0.3, 0.4) is 0 Å². The summed E-state index contributed by atoms with van der Waals surface area (Å²) in [6.45, 7) is 9.31. The van der Waals surface area contributed by atoms with Crippen molar-refractivity contribution in [2.24, 2.45) is 5.92 Å². The number of aromatic nitrogens is 3. The van der Waals surface area contributed by atoms with Gasteiger partial charge in [-0.15, -0.1) is 0 Å². The normalized spacial score (nSPS) is 14.9. The number of aryl methyl sites for hydroxylation is 1. The first kappa shape index (κ1) is 22.2. The van der Waals surface area contributed by atoms with Crippen LogP contribution in [-0.2, 0) is 11.3 Å². The summed E-state index contributed by atoms with van der Waals surface area (Å²) in [5.74, 6) is 1.08. The van der Waals surface area contributed by atoms with Crippen LogP contribution in [0.2, 0.25) is 0 Å². The minimum Gasteiger partial charge on any atom is -0.356 e. The number of hydrogen-bond acceptors (Lipinski definition) is 7. The van der Waals surface area contributed by atoms with E-state index < -0.39 is 0 Å². The number of hydrogen-bond donors (Lipinski definition) is 1. The molecule has 1 fully saturated rings. The van der Waals surface area contributed by atoms with Crippen LogP contribution in [0.5, 0.6) is 0 Å². The summed E-state index contributed by atoms with van der Waals surface area (Å²) in [4.78, 5) is 25.9. The molecule has 8 heteroatoms. The topological polar surface area (TPSA) is 87.4 Å². The lowest BCUT2D eigenvalue weighted by Crippen LogP contribution is -2.41. The van der Waals surface area contributed by atoms with E-state index >= 15 is 0 Å². The number of nitrogens with zero attached hydrogens (tertiary/aromatic N) is 5. The molecule has 0 atom stereocenters. The van der Waals surface area contributed by atoms with Crippen molar-refractivity contribution < 1.29 is 9.32 Å². The molecule has 3 aromatic rings. The highest BCUT2D eigenvalue weighted by atomic mass is 16.5. The van der Waals surface area contributed by atoms with Gasteiger partial charge in [0.1, 0.15) is 17.5 Å². The molecule has 170 valence electrons. The fourth-order valence-corrected chi connectivity index (χ4v) is 4.35. The zero-order valence-electron chi connectivity index (χ0n) is 19.0. The Morgan fingerprint density at radius 3 is 2.75 bits per heavy atom. The van der Waals surface area contributed by atoms with Gasteiger partial charge in [-0.2, -0.15) is 4.98 Å². The van der Waals surface area contributed by atoms with Gasteiger partial charge in [0.25, 0.3) is 5.71 Å². The van der Waals surface area contributed by atoms with Crippen molar-refractivity contribution in [3.63, 3.8) is 0 Å². The molecule has 1 saturated heterocycles. The van der Waals surface area contributed by atoms with Crippen molar-refractivity contribution in [1.82, 2.24) is 25.3 Å². The maximum absolute atomic E-state index is 12.7. The first-order valence-electron chi connectivity index (χ1n) is 11.5. The van der Waals surface area contributed by atoms with Gasteiger partial charge in [0, 0.05) is 38.6 Å². The van der Waals surface area contributed by atoms with Crippen LogP contribution in [0.25, 0.3) is 11.1 Å². The summed E-state index contributed by atoms with van der Waals surface area (Å²) >= 11 is 0. The zero-order valence-corrected chi connectivity index (χ0v) is 19.0. The molecule has 0 unspecified atom stereocenters. The molecule has 4 rings (SSSR count). The average Bonchev–Trinajstić information content (AvgIpc) is 3.22. The molecular weight excluding hydrogens is 404 g/mol. The number of amides is 1. The summed E-state index contributed by atoms with van der Waals surface area (Å²) in [7, 11) is 0. The van der Waals surface area contributed by atoms with E-state index in [1.165, 1.54) is 11.9 Å². The second-order valence-electron chi connectivity index (χ2n) is 8.41. The Kier molecular flexibility index (Phi) is 7.32. The lowest BCUT2D eigenvalue weighted by molar-refractivity contribution is -0.125. The first-order valence-corrected chi connectivity index (χ1v) is 11.5. The van der Waals surface area contributed by atoms with Crippen molar-refractivity contribution in [3.8, 4) is 0 Å². The third-order valence-electron chi connectivity index (χ3n) is 6.24. The molecule has 3 heterocycles. The monoisotopic (exact) mass is 436 g/mol. The molecule has 8 nitrogen and oxygen atoms in total. The fourth-order valence-electron chi connectivity index (χ4n) is 4.35. The molecule has 0 saturated carbocycles. The summed E-state index contributed by atoms with van der Waals surface area (Å²) in [6.07, 6.45) is 4.10. The summed E-state index contributed by atoms with van der Waals surface area (Å²) < 4.78 is 5.26. The van der Waals surface area contributed by atoms with E-state index in [9.17, 15) is 4.79 Å². The fraction of sp³-hybridized carbons (Fsp3) is 0.500. The van der Waals surface area contributed by atoms with Gasteiger partial charge in [-0.25, -0.2) is 4.98 Å². The lowest BCUT2D eigenvalue weighted by atomic mass is 9.95. The first-order chi connectivity index (χ1) is 15.7. The molecule has 1 aromatic carbocycles. The highest BCUT2D eigenvalue weighted by Gasteiger charge is 2.27. The molecule has 1 aliphatic rings. The van der Waals surface area contributed by atoms with Crippen LogP contribution >= 0.6 is 0 Å². The van der Waals surface area contributed by atoms with Gasteiger partial charge in [0.2, 0.25) is 5.91 Å². The van der Waals surface area contributed by atoms with Crippen LogP contribution in [0, 0.1) is 12.8 Å². The van der Waals surface area contributed by atoms with Gasteiger partial charge >= 0.3 is 0 Å². The number of piperidine rings is 1. The maximum atomic E-state index is 12.7. The minimum absolute atomic E-state index is 0.0544. The second kappa shape index (κ2) is 10.5. The van der Waals surface area contributed by atoms with Gasteiger partial charge in [-0.05, 0) is 38.3 Å². The second-order valence-corrected chi connectivity index (χ2v) is 8.41. The van der Waals surface area contributed by atoms with E-state index in [1.54, 1.807) is 0 Å². The minimum atomic E-state index is 0.0544. The van der Waals surface area contributed by atoms with Gasteiger partial charge in [0.05, 0.1) is 5.69 Å². The number of benzene rings is 1. The number of fused-ring (bicyclic) bond motifs is 1. The standard InChI is InChI=1S/C24H32N6O2/c1-3-29(16-19-8-5-4-6-9-19)13-7-12-25-23(31)20-10-14-30(15-11-20)22-21-18(2)28-32-24(21)27-17-26-22/h4-6,8-9,17,20H,3,7,10-16H2,1-2H3,(H,25,31). The predicted molar refractivity (Wildman–Crippen MR) is 124 cm³/mol. The number of carbonyl (C=O) groups is 1. The van der Waals surface area contributed by atoms with E-state index in [4.69, 9.17) is 4.52 Å². The van der Waals surface area contributed by atoms with Crippen molar-refractivity contribution in [1.29, 1.82) is 0 Å². The molecular formula is C24H32N6O2. The zero-order chi connectivity index (χ0) is 22.3. The van der Waals surface area contributed by atoms with E-state index in [-0.39, 0.29) is 11.8 Å². The number of nitrogens with one attached hydrogen (secondary N) is 1. The summed E-state index contributed by atoms with van der Waals surface area (Å²) in [6, 6.07) is 10.5. The summed E-state index contributed by atoms with van der Waals surface area (Å²) in [5, 5.41) is 8.02. The van der Waals surface area contributed by atoms with E-state index in [0.29, 0.717) is 5.71 Å². The number of rotatable bonds is 9. The van der Waals surface area contributed by atoms with Gasteiger partial charge in [0.15, 0.2) is 0 Å². The quantitative estimate of drug-likeness (QED) is 0.516. The van der Waals surface area contributed by atoms with Crippen LogP contribution in [0.1, 0.15) is 37.4 Å². The van der Waals surface area contributed by atoms with E-state index in [2.05, 4.69) is 61.4 Å². The molecule has 1 aliphatic heterocycles. The Morgan fingerprint density at radius 2 is 2.00 bits per heavy atom. The third-order valence-corrected chi connectivity index (χ3v) is 6.24. The Bertz CT molecular complexity index is 1010. The third kappa shape index (κ3) is 5.24. The number of carbonyl (C=O) groups excluding carboxylic acids is 1. The lowest BCUT2D eigenvalue weighted by Gasteiger charge is -2.32. The smallest absolute Gasteiger partial charge is 0.263 e. The largest absolute Gasteiger partial charge is 0.356 e. The summed E-state index contributed by atoms with van der Waals surface area (Å²) in [5.41, 5.74) is 2.64. The van der Waals surface area contributed by atoms with Crippen molar-refractivity contribution in [2.75, 3.05) is 37.6 Å². The van der Waals surface area contributed by atoms with Gasteiger partial charge < -0.3 is 14.7 Å². The van der Waals surface area contributed by atoms with Crippen LogP contribution in [0.15, 0.2) is 41.2 Å². The Labute approximate surface area is 189 Å². The Morgan fingerprint density at radius 1 is 1.22 bits per heavy atom. The molecule has 2 aromatic heterocycles. The van der Waals surface area contributed by atoms with Crippen molar-refractivity contribution >= 4 is 22.8 Å². The molecule has 0 bridgehead atoms. The van der Waals surface area contributed by atoms with Crippen LogP contribution in [-0.4, -0.2) is 58.7 Å². The molecule has 0 spiro atoms. The molecule has 32 heavy (non-hydrogen) atoms. The van der Waals surface area contributed by atoms with Crippen LogP contribution in [0.4, 0.5) is 5.82 Å². The van der Waals surface area contributed by atoms with Crippen molar-refractivity contribution in [2.45, 2.75) is 39.7 Å². The average molecular weight is 437 g/mol. The number of anilines is 1. The molecule has 1 amide bonds. The van der Waals surface area contributed by atoms with Gasteiger partial charge in [-0.3, -0.25) is 9.69 Å². The molecule has 0 aliphatic carbocycles. The Hall–Kier alpha value is -3.00. The van der Waals surface area contributed by atoms with Gasteiger partial charge in [-0.1, -0.05) is 42.4 Å². The maximum Gasteiger partial charge on any atom is 0.263 e. The molecule has 1 N–H and O–H groups in total. The Balaban J connectivity index is 1.20. The molecule has 0 radical (unpaired) electrons. The highest BCUT2D eigenvalue weighted by Crippen LogP contribution is 2.29.